The molecule has 0 bridgehead atoms. The van der Waals surface area contributed by atoms with Gasteiger partial charge in [-0.15, -0.1) is 0 Å². The second-order valence-corrected chi connectivity index (χ2v) is 7.55. The summed E-state index contributed by atoms with van der Waals surface area (Å²) in [6.45, 7) is 5.96. The van der Waals surface area contributed by atoms with Crippen molar-refractivity contribution < 1.29 is 23.9 Å². The first-order chi connectivity index (χ1) is 13.6. The molecule has 1 saturated heterocycles. The number of carboxylic acids is 1. The van der Waals surface area contributed by atoms with E-state index >= 15 is 0 Å². The van der Waals surface area contributed by atoms with Crippen molar-refractivity contribution in [2.45, 2.75) is 38.9 Å². The number of carboxylic acid groups (broad SMARTS) is 1. The average molecular weight is 408 g/mol. The molecule has 0 saturated carbocycles. The third-order valence-electron chi connectivity index (χ3n) is 5.20. The molecule has 3 N–H and O–H groups in total. The molecule has 1 aromatic carbocycles. The number of hydrogen-bond acceptors (Lipinski definition) is 5. The van der Waals surface area contributed by atoms with Crippen LogP contribution in [-0.2, 0) is 14.4 Å². The largest absolute Gasteiger partial charge is 0.480 e. The number of benzene rings is 1. The number of carbonyl (C=O) groups is 3. The van der Waals surface area contributed by atoms with E-state index in [-0.39, 0.29) is 30.7 Å². The Morgan fingerprint density at radius 1 is 1.14 bits per heavy atom. The molecule has 0 aromatic heterocycles. The molecule has 8 nitrogen and oxygen atoms in total. The summed E-state index contributed by atoms with van der Waals surface area (Å²) in [6.07, 6.45) is 0. The minimum absolute atomic E-state index is 0.0817. The summed E-state index contributed by atoms with van der Waals surface area (Å²) in [5.41, 5.74) is 0.696. The first-order valence-corrected chi connectivity index (χ1v) is 9.67. The SMILES string of the molecule is CN[C@@H](C)C(=O)N[C@H](C(=O)N1CCN(c2ccc(F)cc2)C[C@H]1C(=O)O)C(C)C. The van der Waals surface area contributed by atoms with E-state index in [1.807, 2.05) is 4.90 Å². The third kappa shape index (κ3) is 5.44. The van der Waals surface area contributed by atoms with Crippen LogP contribution in [0.1, 0.15) is 20.8 Å². The molecule has 160 valence electrons. The van der Waals surface area contributed by atoms with E-state index in [9.17, 15) is 23.9 Å². The first-order valence-electron chi connectivity index (χ1n) is 9.67. The summed E-state index contributed by atoms with van der Waals surface area (Å²) in [4.78, 5) is 40.4. The van der Waals surface area contributed by atoms with Crippen molar-refractivity contribution in [3.8, 4) is 0 Å². The summed E-state index contributed by atoms with van der Waals surface area (Å²) in [5.74, 6) is -2.44. The number of carbonyl (C=O) groups excluding carboxylic acids is 2. The minimum atomic E-state index is -1.12. The second-order valence-electron chi connectivity index (χ2n) is 7.55. The number of amides is 2. The quantitative estimate of drug-likeness (QED) is 0.613. The van der Waals surface area contributed by atoms with Crippen LogP contribution in [0.15, 0.2) is 24.3 Å². The normalized spacial score (nSPS) is 19.0. The zero-order valence-electron chi connectivity index (χ0n) is 17.2. The summed E-state index contributed by atoms with van der Waals surface area (Å²) < 4.78 is 13.2. The molecular formula is C20H29FN4O4. The lowest BCUT2D eigenvalue weighted by Crippen LogP contribution is -2.63. The lowest BCUT2D eigenvalue weighted by atomic mass is 10.00. The fourth-order valence-electron chi connectivity index (χ4n) is 3.25. The van der Waals surface area contributed by atoms with Crippen LogP contribution in [0, 0.1) is 11.7 Å². The van der Waals surface area contributed by atoms with Crippen LogP contribution in [0.2, 0.25) is 0 Å². The number of rotatable bonds is 7. The van der Waals surface area contributed by atoms with Crippen molar-refractivity contribution in [1.82, 2.24) is 15.5 Å². The Hall–Kier alpha value is -2.68. The van der Waals surface area contributed by atoms with Gasteiger partial charge in [-0.3, -0.25) is 9.59 Å². The third-order valence-corrected chi connectivity index (χ3v) is 5.20. The summed E-state index contributed by atoms with van der Waals surface area (Å²) >= 11 is 0. The molecule has 1 aliphatic heterocycles. The van der Waals surface area contributed by atoms with Gasteiger partial charge in [0.2, 0.25) is 11.8 Å². The number of piperazine rings is 1. The van der Waals surface area contributed by atoms with Crippen LogP contribution < -0.4 is 15.5 Å². The van der Waals surface area contributed by atoms with Gasteiger partial charge in [-0.2, -0.15) is 0 Å². The van der Waals surface area contributed by atoms with Crippen LogP contribution in [0.5, 0.6) is 0 Å². The van der Waals surface area contributed by atoms with Gasteiger partial charge in [0.25, 0.3) is 0 Å². The highest BCUT2D eigenvalue weighted by Gasteiger charge is 2.39. The van der Waals surface area contributed by atoms with Crippen LogP contribution in [0.4, 0.5) is 10.1 Å². The number of nitrogens with one attached hydrogen (secondary N) is 2. The standard InChI is InChI=1S/C20H29FN4O4/c1-12(2)17(23-18(26)13(3)22-4)19(27)25-10-9-24(11-16(25)20(28)29)15-7-5-14(21)6-8-15/h5-8,12-13,16-17,22H,9-11H2,1-4H3,(H,23,26)(H,28,29)/t13-,16-,17-/m0/s1. The molecule has 2 amide bonds. The summed E-state index contributed by atoms with van der Waals surface area (Å²) in [7, 11) is 1.64. The number of anilines is 1. The number of hydrogen-bond donors (Lipinski definition) is 3. The molecule has 1 aliphatic rings. The second kappa shape index (κ2) is 9.69. The zero-order valence-corrected chi connectivity index (χ0v) is 17.2. The molecule has 0 unspecified atom stereocenters. The van der Waals surface area contributed by atoms with Crippen LogP contribution in [-0.4, -0.2) is 72.6 Å². The Morgan fingerprint density at radius 2 is 1.76 bits per heavy atom. The Bertz CT molecular complexity index is 741. The molecule has 3 atom stereocenters. The fourth-order valence-corrected chi connectivity index (χ4v) is 3.25. The number of likely N-dealkylation sites (N-methyl/N-ethyl adjacent to an activating group) is 1. The van der Waals surface area contributed by atoms with E-state index in [1.165, 1.54) is 17.0 Å². The smallest absolute Gasteiger partial charge is 0.328 e. The molecular weight excluding hydrogens is 379 g/mol. The van der Waals surface area contributed by atoms with Crippen molar-refractivity contribution in [3.05, 3.63) is 30.1 Å². The number of halogens is 1. The van der Waals surface area contributed by atoms with Crippen molar-refractivity contribution in [2.24, 2.45) is 5.92 Å². The molecule has 0 radical (unpaired) electrons. The van der Waals surface area contributed by atoms with Gasteiger partial charge in [-0.25, -0.2) is 9.18 Å². The topological polar surface area (TPSA) is 102 Å². The highest BCUT2D eigenvalue weighted by Crippen LogP contribution is 2.21. The Balaban J connectivity index is 2.18. The van der Waals surface area contributed by atoms with E-state index in [0.717, 1.165) is 0 Å². The highest BCUT2D eigenvalue weighted by atomic mass is 19.1. The van der Waals surface area contributed by atoms with E-state index < -0.39 is 30.0 Å². The van der Waals surface area contributed by atoms with Crippen LogP contribution >= 0.6 is 0 Å². The van der Waals surface area contributed by atoms with Gasteiger partial charge in [-0.05, 0) is 44.2 Å². The molecule has 29 heavy (non-hydrogen) atoms. The number of nitrogens with zero attached hydrogens (tertiary/aromatic N) is 2. The van der Waals surface area contributed by atoms with Crippen molar-refractivity contribution in [3.63, 3.8) is 0 Å². The number of aliphatic carboxylic acids is 1. The van der Waals surface area contributed by atoms with Crippen LogP contribution in [0.25, 0.3) is 0 Å². The van der Waals surface area contributed by atoms with Gasteiger partial charge in [0, 0.05) is 25.3 Å². The Morgan fingerprint density at radius 3 is 2.28 bits per heavy atom. The predicted octanol–water partition coefficient (Wildman–Crippen LogP) is 0.676. The lowest BCUT2D eigenvalue weighted by molar-refractivity contribution is -0.152. The first kappa shape index (κ1) is 22.6. The highest BCUT2D eigenvalue weighted by molar-refractivity contribution is 5.92. The minimum Gasteiger partial charge on any atom is -0.480 e. The maximum Gasteiger partial charge on any atom is 0.328 e. The van der Waals surface area contributed by atoms with E-state index in [0.29, 0.717) is 12.2 Å². The van der Waals surface area contributed by atoms with E-state index in [4.69, 9.17) is 0 Å². The van der Waals surface area contributed by atoms with Gasteiger partial charge in [0.1, 0.15) is 17.9 Å². The fraction of sp³-hybridized carbons (Fsp3) is 0.550. The summed E-state index contributed by atoms with van der Waals surface area (Å²) in [5, 5.41) is 15.3. The van der Waals surface area contributed by atoms with Crippen molar-refractivity contribution in [1.29, 1.82) is 0 Å². The summed E-state index contributed by atoms with van der Waals surface area (Å²) in [6, 6.07) is 3.43. The van der Waals surface area contributed by atoms with Gasteiger partial charge >= 0.3 is 5.97 Å². The lowest BCUT2D eigenvalue weighted by Gasteiger charge is -2.42. The molecule has 0 spiro atoms. The maximum atomic E-state index is 13.2. The molecule has 2 rings (SSSR count). The zero-order chi connectivity index (χ0) is 21.7. The van der Waals surface area contributed by atoms with Gasteiger partial charge < -0.3 is 25.5 Å². The Kier molecular flexibility index (Phi) is 7.55. The monoisotopic (exact) mass is 408 g/mol. The van der Waals surface area contributed by atoms with E-state index in [1.54, 1.807) is 40.0 Å². The van der Waals surface area contributed by atoms with Crippen molar-refractivity contribution >= 4 is 23.5 Å². The van der Waals surface area contributed by atoms with Gasteiger partial charge in [-0.1, -0.05) is 13.8 Å². The van der Waals surface area contributed by atoms with Crippen LogP contribution in [0.3, 0.4) is 0 Å². The average Bonchev–Trinajstić information content (AvgIpc) is 2.70. The molecule has 9 heteroatoms. The molecule has 1 heterocycles. The van der Waals surface area contributed by atoms with Gasteiger partial charge in [0.15, 0.2) is 0 Å². The Labute approximate surface area is 170 Å². The predicted molar refractivity (Wildman–Crippen MR) is 107 cm³/mol. The molecule has 1 fully saturated rings. The molecule has 0 aliphatic carbocycles. The molecule has 1 aromatic rings. The van der Waals surface area contributed by atoms with E-state index in [2.05, 4.69) is 10.6 Å². The maximum absolute atomic E-state index is 13.2. The van der Waals surface area contributed by atoms with Crippen molar-refractivity contribution in [2.75, 3.05) is 31.6 Å². The van der Waals surface area contributed by atoms with Gasteiger partial charge in [0.05, 0.1) is 6.04 Å².